The molecule has 8 heteroatoms. The Balaban J connectivity index is 1.40. The summed E-state index contributed by atoms with van der Waals surface area (Å²) in [6, 6.07) is 28.5. The van der Waals surface area contributed by atoms with E-state index in [1.54, 1.807) is 54.6 Å². The highest BCUT2D eigenvalue weighted by atomic mass is 32.2. The highest BCUT2D eigenvalue weighted by Gasteiger charge is 2.27. The average Bonchev–Trinajstić information content (AvgIpc) is 2.95. The molecule has 0 heterocycles. The molecule has 1 amide bonds. The van der Waals surface area contributed by atoms with Gasteiger partial charge in [0.2, 0.25) is 5.91 Å². The van der Waals surface area contributed by atoms with E-state index in [0.29, 0.717) is 18.0 Å². The van der Waals surface area contributed by atoms with Crippen LogP contribution in [-0.2, 0) is 34.4 Å². The third-order valence-electron chi connectivity index (χ3n) is 5.98. The molecule has 1 N–H and O–H groups in total. The smallest absolute Gasteiger partial charge is 0.264 e. The number of hydrogen-bond donors (Lipinski definition) is 1. The van der Waals surface area contributed by atoms with E-state index in [9.17, 15) is 17.6 Å². The molecule has 0 atom stereocenters. The predicted octanol–water partition coefficient (Wildman–Crippen LogP) is 5.48. The van der Waals surface area contributed by atoms with Crippen molar-refractivity contribution in [3.05, 3.63) is 126 Å². The second kappa shape index (κ2) is 12.4. The monoisotopic (exact) mass is 532 g/mol. The lowest BCUT2D eigenvalue weighted by Crippen LogP contribution is -2.40. The van der Waals surface area contributed by atoms with E-state index in [1.807, 2.05) is 31.2 Å². The molecule has 38 heavy (non-hydrogen) atoms. The van der Waals surface area contributed by atoms with Gasteiger partial charge in [0.25, 0.3) is 10.0 Å². The van der Waals surface area contributed by atoms with Gasteiger partial charge in [-0.1, -0.05) is 61.5 Å². The normalized spacial score (nSPS) is 11.1. The molecule has 4 rings (SSSR count). The van der Waals surface area contributed by atoms with Crippen LogP contribution in [0.4, 0.5) is 10.1 Å². The summed E-state index contributed by atoms with van der Waals surface area (Å²) in [6.07, 6.45) is 0.822. The molecule has 0 bridgehead atoms. The van der Waals surface area contributed by atoms with Crippen LogP contribution >= 0.6 is 0 Å². The second-order valence-electron chi connectivity index (χ2n) is 8.68. The van der Waals surface area contributed by atoms with Gasteiger partial charge < -0.3 is 10.1 Å². The van der Waals surface area contributed by atoms with Crippen LogP contribution in [0, 0.1) is 5.82 Å². The number of nitrogens with one attached hydrogen (secondary N) is 1. The minimum Gasteiger partial charge on any atom is -0.489 e. The van der Waals surface area contributed by atoms with E-state index in [-0.39, 0.29) is 23.8 Å². The van der Waals surface area contributed by atoms with Crippen molar-refractivity contribution in [2.75, 3.05) is 10.8 Å². The Morgan fingerprint density at radius 2 is 1.42 bits per heavy atom. The molecule has 0 saturated carbocycles. The first-order chi connectivity index (χ1) is 18.3. The number of ether oxygens (including phenoxy) is 1. The lowest BCUT2D eigenvalue weighted by Gasteiger charge is -2.24. The Hall–Kier alpha value is -4.17. The van der Waals surface area contributed by atoms with E-state index in [1.165, 1.54) is 24.3 Å². The molecule has 0 aromatic heterocycles. The second-order valence-corrected chi connectivity index (χ2v) is 10.5. The van der Waals surface area contributed by atoms with Crippen molar-refractivity contribution < 1.29 is 22.3 Å². The summed E-state index contributed by atoms with van der Waals surface area (Å²) in [5, 5.41) is 2.81. The van der Waals surface area contributed by atoms with Crippen molar-refractivity contribution in [2.45, 2.75) is 31.4 Å². The maximum absolute atomic E-state index is 13.4. The molecule has 196 valence electrons. The fourth-order valence-electron chi connectivity index (χ4n) is 3.77. The van der Waals surface area contributed by atoms with Crippen LogP contribution in [0.25, 0.3) is 0 Å². The number of rotatable bonds is 11. The molecule has 0 aliphatic carbocycles. The zero-order valence-corrected chi connectivity index (χ0v) is 21.8. The van der Waals surface area contributed by atoms with E-state index >= 15 is 0 Å². The summed E-state index contributed by atoms with van der Waals surface area (Å²) < 4.78 is 46.8. The number of halogens is 1. The van der Waals surface area contributed by atoms with Crippen LogP contribution in [0.2, 0.25) is 0 Å². The van der Waals surface area contributed by atoms with E-state index in [2.05, 4.69) is 5.32 Å². The van der Waals surface area contributed by atoms with Crippen molar-refractivity contribution in [1.29, 1.82) is 0 Å². The van der Waals surface area contributed by atoms with Crippen molar-refractivity contribution in [1.82, 2.24) is 5.32 Å². The maximum Gasteiger partial charge on any atom is 0.264 e. The van der Waals surface area contributed by atoms with E-state index in [4.69, 9.17) is 4.74 Å². The van der Waals surface area contributed by atoms with E-state index in [0.717, 1.165) is 27.4 Å². The molecule has 4 aromatic rings. The van der Waals surface area contributed by atoms with Crippen molar-refractivity contribution in [3.63, 3.8) is 0 Å². The first-order valence-corrected chi connectivity index (χ1v) is 13.7. The van der Waals surface area contributed by atoms with Gasteiger partial charge in [-0.3, -0.25) is 9.10 Å². The van der Waals surface area contributed by atoms with Crippen molar-refractivity contribution in [3.8, 4) is 5.75 Å². The van der Waals surface area contributed by atoms with Crippen LogP contribution in [0.3, 0.4) is 0 Å². The lowest BCUT2D eigenvalue weighted by atomic mass is 10.1. The summed E-state index contributed by atoms with van der Waals surface area (Å²) in [7, 11) is -3.95. The Bertz CT molecular complexity index is 1440. The largest absolute Gasteiger partial charge is 0.489 e. The summed E-state index contributed by atoms with van der Waals surface area (Å²) in [6.45, 7) is 2.19. The molecular weight excluding hydrogens is 503 g/mol. The SMILES string of the molecule is CCc1ccc(N(CC(=O)NCc2ccc(OCc3ccc(F)cc3)cc2)S(=O)(=O)c2ccccc2)cc1. The number of hydrogen-bond acceptors (Lipinski definition) is 4. The minimum absolute atomic E-state index is 0.114. The van der Waals surface area contributed by atoms with Crippen LogP contribution in [0.1, 0.15) is 23.6 Å². The molecule has 6 nitrogen and oxygen atoms in total. The molecule has 0 radical (unpaired) electrons. The minimum atomic E-state index is -3.95. The summed E-state index contributed by atoms with van der Waals surface area (Å²) in [5.74, 6) is -0.0869. The Labute approximate surface area is 222 Å². The topological polar surface area (TPSA) is 75.7 Å². The summed E-state index contributed by atoms with van der Waals surface area (Å²) in [4.78, 5) is 13.0. The first-order valence-electron chi connectivity index (χ1n) is 12.2. The van der Waals surface area contributed by atoms with Crippen molar-refractivity contribution >= 4 is 21.6 Å². The van der Waals surface area contributed by atoms with Gasteiger partial charge in [0.15, 0.2) is 0 Å². The number of sulfonamides is 1. The fourth-order valence-corrected chi connectivity index (χ4v) is 5.21. The third-order valence-corrected chi connectivity index (χ3v) is 7.77. The standard InChI is InChI=1S/C30H29FN2O4S/c1-2-23-10-16-27(17-11-23)33(38(35,36)29-6-4-3-5-7-29)21-30(34)32-20-24-12-18-28(19-13-24)37-22-25-8-14-26(31)15-9-25/h3-19H,2,20-22H2,1H3,(H,32,34). The number of anilines is 1. The average molecular weight is 533 g/mol. The lowest BCUT2D eigenvalue weighted by molar-refractivity contribution is -0.119. The number of carbonyl (C=O) groups is 1. The number of nitrogens with zero attached hydrogens (tertiary/aromatic N) is 1. The van der Waals surface area contributed by atoms with Gasteiger partial charge in [0.05, 0.1) is 10.6 Å². The quantitative estimate of drug-likeness (QED) is 0.278. The van der Waals surface area contributed by atoms with E-state index < -0.39 is 15.9 Å². The first kappa shape index (κ1) is 26.9. The fraction of sp³-hybridized carbons (Fsp3) is 0.167. The molecule has 4 aromatic carbocycles. The molecule has 0 unspecified atom stereocenters. The Kier molecular flexibility index (Phi) is 8.76. The van der Waals surface area contributed by atoms with Gasteiger partial charge in [-0.2, -0.15) is 0 Å². The Morgan fingerprint density at radius 3 is 2.05 bits per heavy atom. The van der Waals surface area contributed by atoms with Gasteiger partial charge in [0.1, 0.15) is 24.7 Å². The predicted molar refractivity (Wildman–Crippen MR) is 146 cm³/mol. The Morgan fingerprint density at radius 1 is 0.816 bits per heavy atom. The highest BCUT2D eigenvalue weighted by molar-refractivity contribution is 7.92. The third kappa shape index (κ3) is 6.98. The van der Waals surface area contributed by atoms with Crippen LogP contribution < -0.4 is 14.4 Å². The molecule has 0 fully saturated rings. The zero-order chi connectivity index (χ0) is 27.0. The van der Waals surface area contributed by atoms with Gasteiger partial charge in [-0.15, -0.1) is 0 Å². The molecular formula is C30H29FN2O4S. The van der Waals surface area contributed by atoms with Gasteiger partial charge >= 0.3 is 0 Å². The highest BCUT2D eigenvalue weighted by Crippen LogP contribution is 2.24. The molecule has 0 spiro atoms. The van der Waals surface area contributed by atoms with Crippen LogP contribution in [0.5, 0.6) is 5.75 Å². The van der Waals surface area contributed by atoms with Crippen LogP contribution in [-0.4, -0.2) is 20.9 Å². The van der Waals surface area contributed by atoms with Crippen LogP contribution in [0.15, 0.2) is 108 Å². The number of benzene rings is 4. The molecule has 0 aliphatic heterocycles. The van der Waals surface area contributed by atoms with Gasteiger partial charge in [-0.25, -0.2) is 12.8 Å². The van der Waals surface area contributed by atoms with Gasteiger partial charge in [0, 0.05) is 6.54 Å². The number of aryl methyl sites for hydroxylation is 1. The molecule has 0 aliphatic rings. The summed E-state index contributed by atoms with van der Waals surface area (Å²) >= 11 is 0. The number of carbonyl (C=O) groups excluding carboxylic acids is 1. The summed E-state index contributed by atoms with van der Waals surface area (Å²) in [5.41, 5.74) is 3.17. The number of amides is 1. The zero-order valence-electron chi connectivity index (χ0n) is 21.0. The van der Waals surface area contributed by atoms with Gasteiger partial charge in [-0.05, 0) is 71.6 Å². The maximum atomic E-state index is 13.4. The molecule has 0 saturated heterocycles. The van der Waals surface area contributed by atoms with Crippen molar-refractivity contribution in [2.24, 2.45) is 0 Å².